The van der Waals surface area contributed by atoms with Crippen molar-refractivity contribution in [2.24, 2.45) is 0 Å². The molecule has 3 rings (SSSR count). The number of ether oxygens (including phenoxy) is 2. The van der Waals surface area contributed by atoms with E-state index >= 15 is 0 Å². The maximum absolute atomic E-state index is 12.4. The smallest absolute Gasteiger partial charge is 0.341 e. The Bertz CT molecular complexity index is 929. The predicted octanol–water partition coefficient (Wildman–Crippen LogP) is 2.99. The van der Waals surface area contributed by atoms with Crippen molar-refractivity contribution in [1.82, 2.24) is 4.98 Å². The number of esters is 1. The molecular formula is C18H15NO4. The standard InChI is InChI=1S/C18H15NO4/c1-22-17-10-15-12(8-13(17)18(21)23-2)16(20)9-14(19-15)11-6-4-3-5-7-11/h3-10H,1-2H3,(H,19,20). The Kier molecular flexibility index (Phi) is 3.85. The lowest BCUT2D eigenvalue weighted by Gasteiger charge is -2.10. The van der Waals surface area contributed by atoms with Gasteiger partial charge in [-0.2, -0.15) is 0 Å². The second kappa shape index (κ2) is 5.96. The molecule has 116 valence electrons. The van der Waals surface area contributed by atoms with Crippen LogP contribution >= 0.6 is 0 Å². The fourth-order valence-corrected chi connectivity index (χ4v) is 2.49. The minimum Gasteiger partial charge on any atom is -0.496 e. The Morgan fingerprint density at radius 3 is 2.43 bits per heavy atom. The molecule has 0 saturated carbocycles. The van der Waals surface area contributed by atoms with Gasteiger partial charge in [0.15, 0.2) is 5.43 Å². The Balaban J connectivity index is 2.26. The van der Waals surface area contributed by atoms with Gasteiger partial charge in [0.25, 0.3) is 0 Å². The van der Waals surface area contributed by atoms with E-state index in [0.29, 0.717) is 22.3 Å². The molecule has 1 heterocycles. The van der Waals surface area contributed by atoms with Crippen molar-refractivity contribution in [1.29, 1.82) is 0 Å². The van der Waals surface area contributed by atoms with Crippen LogP contribution in [0, 0.1) is 0 Å². The van der Waals surface area contributed by atoms with E-state index in [2.05, 4.69) is 4.98 Å². The molecular weight excluding hydrogens is 294 g/mol. The van der Waals surface area contributed by atoms with Crippen molar-refractivity contribution in [3.05, 3.63) is 64.3 Å². The van der Waals surface area contributed by atoms with Crippen molar-refractivity contribution in [3.63, 3.8) is 0 Å². The second-order valence-corrected chi connectivity index (χ2v) is 5.00. The zero-order valence-corrected chi connectivity index (χ0v) is 12.8. The molecule has 0 amide bonds. The lowest BCUT2D eigenvalue weighted by Crippen LogP contribution is -2.08. The SMILES string of the molecule is COC(=O)c1cc2c(=O)cc(-c3ccccc3)[nH]c2cc1OC. The van der Waals surface area contributed by atoms with Crippen LogP contribution in [0.15, 0.2) is 53.3 Å². The number of H-pyrrole nitrogens is 1. The maximum atomic E-state index is 12.4. The Morgan fingerprint density at radius 2 is 1.78 bits per heavy atom. The summed E-state index contributed by atoms with van der Waals surface area (Å²) in [7, 11) is 2.75. The Hall–Kier alpha value is -3.08. The van der Waals surface area contributed by atoms with Crippen molar-refractivity contribution in [2.75, 3.05) is 14.2 Å². The number of benzene rings is 2. The number of carbonyl (C=O) groups excluding carboxylic acids is 1. The van der Waals surface area contributed by atoms with E-state index in [1.807, 2.05) is 30.3 Å². The summed E-state index contributed by atoms with van der Waals surface area (Å²) in [6.45, 7) is 0. The van der Waals surface area contributed by atoms with Crippen LogP contribution in [0.5, 0.6) is 5.75 Å². The third kappa shape index (κ3) is 2.68. The van der Waals surface area contributed by atoms with Crippen LogP contribution in [0.25, 0.3) is 22.2 Å². The predicted molar refractivity (Wildman–Crippen MR) is 87.9 cm³/mol. The average molecular weight is 309 g/mol. The van der Waals surface area contributed by atoms with Crippen molar-refractivity contribution in [3.8, 4) is 17.0 Å². The van der Waals surface area contributed by atoms with Crippen molar-refractivity contribution < 1.29 is 14.3 Å². The van der Waals surface area contributed by atoms with Gasteiger partial charge < -0.3 is 14.5 Å². The van der Waals surface area contributed by atoms with E-state index < -0.39 is 5.97 Å². The molecule has 0 atom stereocenters. The third-order valence-electron chi connectivity index (χ3n) is 3.64. The summed E-state index contributed by atoms with van der Waals surface area (Å²) in [6.07, 6.45) is 0. The van der Waals surface area contributed by atoms with Gasteiger partial charge in [-0.1, -0.05) is 30.3 Å². The zero-order chi connectivity index (χ0) is 16.4. The maximum Gasteiger partial charge on any atom is 0.341 e. The van der Waals surface area contributed by atoms with E-state index in [4.69, 9.17) is 9.47 Å². The molecule has 1 aromatic heterocycles. The van der Waals surface area contributed by atoms with Gasteiger partial charge in [0, 0.05) is 23.2 Å². The summed E-state index contributed by atoms with van der Waals surface area (Å²) in [5.41, 5.74) is 2.25. The largest absolute Gasteiger partial charge is 0.496 e. The molecule has 0 aliphatic rings. The van der Waals surface area contributed by atoms with Gasteiger partial charge in [0.1, 0.15) is 11.3 Å². The minimum atomic E-state index is -0.546. The molecule has 2 aromatic carbocycles. The van der Waals surface area contributed by atoms with E-state index in [9.17, 15) is 9.59 Å². The number of hydrogen-bond acceptors (Lipinski definition) is 4. The molecule has 0 aliphatic heterocycles. The van der Waals surface area contributed by atoms with Crippen LogP contribution in [0.3, 0.4) is 0 Å². The summed E-state index contributed by atoms with van der Waals surface area (Å²) in [6, 6.07) is 14.2. The lowest BCUT2D eigenvalue weighted by atomic mass is 10.1. The molecule has 0 unspecified atom stereocenters. The highest BCUT2D eigenvalue weighted by molar-refractivity contribution is 5.98. The van der Waals surface area contributed by atoms with Crippen LogP contribution in [0.1, 0.15) is 10.4 Å². The van der Waals surface area contributed by atoms with Gasteiger partial charge in [-0.25, -0.2) is 4.79 Å². The molecule has 0 fully saturated rings. The molecule has 0 spiro atoms. The molecule has 0 radical (unpaired) electrons. The number of pyridine rings is 1. The minimum absolute atomic E-state index is 0.176. The highest BCUT2D eigenvalue weighted by Crippen LogP contribution is 2.26. The monoisotopic (exact) mass is 309 g/mol. The summed E-state index contributed by atoms with van der Waals surface area (Å²) in [5.74, 6) is -0.194. The summed E-state index contributed by atoms with van der Waals surface area (Å²) < 4.78 is 9.97. The van der Waals surface area contributed by atoms with Crippen molar-refractivity contribution in [2.45, 2.75) is 0 Å². The van der Waals surface area contributed by atoms with Gasteiger partial charge in [0.05, 0.1) is 19.7 Å². The van der Waals surface area contributed by atoms with E-state index in [-0.39, 0.29) is 11.0 Å². The number of aromatic nitrogens is 1. The molecule has 5 heteroatoms. The summed E-state index contributed by atoms with van der Waals surface area (Å²) in [5, 5.41) is 0.408. The first-order valence-electron chi connectivity index (χ1n) is 7.03. The van der Waals surface area contributed by atoms with E-state index in [1.165, 1.54) is 26.4 Å². The molecule has 3 aromatic rings. The molecule has 23 heavy (non-hydrogen) atoms. The number of hydrogen-bond donors (Lipinski definition) is 1. The Labute approximate surface area is 132 Å². The van der Waals surface area contributed by atoms with E-state index in [1.54, 1.807) is 6.07 Å². The lowest BCUT2D eigenvalue weighted by molar-refractivity contribution is 0.0597. The third-order valence-corrected chi connectivity index (χ3v) is 3.64. The number of nitrogens with one attached hydrogen (secondary N) is 1. The van der Waals surface area contributed by atoms with Crippen LogP contribution in [0.2, 0.25) is 0 Å². The van der Waals surface area contributed by atoms with Gasteiger partial charge in [-0.15, -0.1) is 0 Å². The number of aromatic amines is 1. The fraction of sp³-hybridized carbons (Fsp3) is 0.111. The highest BCUT2D eigenvalue weighted by atomic mass is 16.5. The molecule has 0 bridgehead atoms. The van der Waals surface area contributed by atoms with Crippen LogP contribution in [-0.4, -0.2) is 25.2 Å². The summed E-state index contributed by atoms with van der Waals surface area (Å²) >= 11 is 0. The quantitative estimate of drug-likeness (QED) is 0.755. The number of methoxy groups -OCH3 is 2. The number of fused-ring (bicyclic) bond motifs is 1. The first-order valence-corrected chi connectivity index (χ1v) is 7.03. The topological polar surface area (TPSA) is 68.4 Å². The van der Waals surface area contributed by atoms with Crippen molar-refractivity contribution >= 4 is 16.9 Å². The first kappa shape index (κ1) is 14.8. The molecule has 5 nitrogen and oxygen atoms in total. The average Bonchev–Trinajstić information content (AvgIpc) is 2.60. The highest BCUT2D eigenvalue weighted by Gasteiger charge is 2.16. The molecule has 0 saturated heterocycles. The zero-order valence-electron chi connectivity index (χ0n) is 12.8. The van der Waals surface area contributed by atoms with Crippen LogP contribution in [0.4, 0.5) is 0 Å². The fourth-order valence-electron chi connectivity index (χ4n) is 2.49. The number of rotatable bonds is 3. The van der Waals surface area contributed by atoms with Gasteiger partial charge >= 0.3 is 5.97 Å². The molecule has 0 aliphatic carbocycles. The number of carbonyl (C=O) groups is 1. The Morgan fingerprint density at radius 1 is 1.04 bits per heavy atom. The van der Waals surface area contributed by atoms with Crippen LogP contribution < -0.4 is 10.2 Å². The van der Waals surface area contributed by atoms with Gasteiger partial charge in [-0.3, -0.25) is 4.79 Å². The molecule has 1 N–H and O–H groups in total. The van der Waals surface area contributed by atoms with Gasteiger partial charge in [-0.05, 0) is 11.6 Å². The second-order valence-electron chi connectivity index (χ2n) is 5.00. The van der Waals surface area contributed by atoms with Crippen LogP contribution in [-0.2, 0) is 4.74 Å². The summed E-state index contributed by atoms with van der Waals surface area (Å²) in [4.78, 5) is 27.5. The first-order chi connectivity index (χ1) is 11.1. The van der Waals surface area contributed by atoms with E-state index in [0.717, 1.165) is 5.56 Å². The normalized spacial score (nSPS) is 10.5. The van der Waals surface area contributed by atoms with Gasteiger partial charge in [0.2, 0.25) is 0 Å².